The number of non-ortho nitro benzene ring substituents is 1. The van der Waals surface area contributed by atoms with Gasteiger partial charge in [0.2, 0.25) is 5.91 Å². The molecule has 1 heterocycles. The van der Waals surface area contributed by atoms with Crippen LogP contribution in [0.3, 0.4) is 0 Å². The van der Waals surface area contributed by atoms with Crippen molar-refractivity contribution in [2.24, 2.45) is 0 Å². The third kappa shape index (κ3) is 5.77. The number of nitro benzene ring substituents is 1. The number of nitrogens with zero attached hydrogens (tertiary/aromatic N) is 4. The van der Waals surface area contributed by atoms with E-state index in [4.69, 9.17) is 11.6 Å². The first-order valence-electron chi connectivity index (χ1n) is 9.88. The Morgan fingerprint density at radius 3 is 2.62 bits per heavy atom. The smallest absolute Gasteiger partial charge is 0.269 e. The van der Waals surface area contributed by atoms with E-state index in [-0.39, 0.29) is 17.3 Å². The van der Waals surface area contributed by atoms with E-state index in [9.17, 15) is 14.9 Å². The topological polar surface area (TPSA) is 115 Å². The van der Waals surface area contributed by atoms with Gasteiger partial charge in [-0.15, -0.1) is 10.2 Å². The molecule has 2 N–H and O–H groups in total. The normalized spacial score (nSPS) is 10.8. The fourth-order valence-corrected chi connectivity index (χ4v) is 3.98. The van der Waals surface area contributed by atoms with Crippen LogP contribution < -0.4 is 10.6 Å². The molecule has 0 bridgehead atoms. The number of carbonyl (C=O) groups is 1. The highest BCUT2D eigenvalue weighted by atomic mass is 35.5. The highest BCUT2D eigenvalue weighted by Crippen LogP contribution is 2.23. The zero-order chi connectivity index (χ0) is 23.3. The number of benzene rings is 2. The Labute approximate surface area is 194 Å². The van der Waals surface area contributed by atoms with Crippen molar-refractivity contribution in [1.29, 1.82) is 0 Å². The standard InChI is InChI=1S/C21H23ClN6O3S/c1-4-27-19(11-23-15-6-5-13(2)17(22)10-15)25-26-21(27)32-12-20(29)24-18-8-7-16(28(30)31)9-14(18)3/h5-10,23H,4,11-12H2,1-3H3,(H,24,29). The van der Waals surface area contributed by atoms with Crippen molar-refractivity contribution in [2.45, 2.75) is 39.0 Å². The molecule has 0 spiro atoms. The molecule has 9 nitrogen and oxygen atoms in total. The summed E-state index contributed by atoms with van der Waals surface area (Å²) in [6.45, 7) is 6.77. The van der Waals surface area contributed by atoms with Crippen LogP contribution in [-0.4, -0.2) is 31.3 Å². The summed E-state index contributed by atoms with van der Waals surface area (Å²) >= 11 is 7.45. The van der Waals surface area contributed by atoms with Crippen molar-refractivity contribution >= 4 is 46.3 Å². The summed E-state index contributed by atoms with van der Waals surface area (Å²) in [6.07, 6.45) is 0. The molecule has 0 saturated carbocycles. The van der Waals surface area contributed by atoms with Gasteiger partial charge >= 0.3 is 0 Å². The average Bonchev–Trinajstić information content (AvgIpc) is 3.16. The lowest BCUT2D eigenvalue weighted by Gasteiger charge is -2.10. The van der Waals surface area contributed by atoms with Crippen LogP contribution in [0.25, 0.3) is 0 Å². The van der Waals surface area contributed by atoms with Crippen LogP contribution in [0.4, 0.5) is 17.1 Å². The lowest BCUT2D eigenvalue weighted by molar-refractivity contribution is -0.384. The van der Waals surface area contributed by atoms with Crippen molar-refractivity contribution in [2.75, 3.05) is 16.4 Å². The molecule has 1 amide bonds. The minimum atomic E-state index is -0.466. The second kappa shape index (κ2) is 10.5. The van der Waals surface area contributed by atoms with E-state index < -0.39 is 4.92 Å². The SMILES string of the molecule is CCn1c(CNc2ccc(C)c(Cl)c2)nnc1SCC(=O)Nc1ccc([N+](=O)[O-])cc1C. The van der Waals surface area contributed by atoms with Gasteiger partial charge in [0, 0.05) is 35.1 Å². The maximum Gasteiger partial charge on any atom is 0.269 e. The summed E-state index contributed by atoms with van der Waals surface area (Å²) in [6, 6.07) is 10.1. The fraction of sp³-hybridized carbons (Fsp3) is 0.286. The predicted molar refractivity (Wildman–Crippen MR) is 126 cm³/mol. The number of nitro groups is 1. The van der Waals surface area contributed by atoms with Gasteiger partial charge in [0.05, 0.1) is 17.2 Å². The lowest BCUT2D eigenvalue weighted by Crippen LogP contribution is -2.15. The van der Waals surface area contributed by atoms with Crippen molar-refractivity contribution in [3.63, 3.8) is 0 Å². The minimum Gasteiger partial charge on any atom is -0.378 e. The molecular weight excluding hydrogens is 452 g/mol. The molecule has 0 aliphatic heterocycles. The Bertz CT molecular complexity index is 1150. The molecule has 0 aliphatic rings. The van der Waals surface area contributed by atoms with E-state index in [2.05, 4.69) is 20.8 Å². The highest BCUT2D eigenvalue weighted by Gasteiger charge is 2.15. The third-order valence-corrected chi connectivity index (χ3v) is 6.13. The van der Waals surface area contributed by atoms with E-state index in [1.165, 1.54) is 30.0 Å². The number of anilines is 2. The fourth-order valence-electron chi connectivity index (χ4n) is 2.98. The van der Waals surface area contributed by atoms with Crippen molar-refractivity contribution in [3.05, 3.63) is 68.5 Å². The summed E-state index contributed by atoms with van der Waals surface area (Å²) in [4.78, 5) is 22.8. The van der Waals surface area contributed by atoms with Crippen molar-refractivity contribution in [3.8, 4) is 0 Å². The second-order valence-corrected chi connectivity index (χ2v) is 8.40. The van der Waals surface area contributed by atoms with Gasteiger partial charge in [0.1, 0.15) is 0 Å². The number of nitrogens with one attached hydrogen (secondary N) is 2. The minimum absolute atomic E-state index is 0.0139. The Hall–Kier alpha value is -3.11. The number of halogens is 1. The van der Waals surface area contributed by atoms with Gasteiger partial charge in [-0.3, -0.25) is 14.9 Å². The Morgan fingerprint density at radius 1 is 1.19 bits per heavy atom. The highest BCUT2D eigenvalue weighted by molar-refractivity contribution is 7.99. The summed E-state index contributed by atoms with van der Waals surface area (Å²) in [5.74, 6) is 0.653. The van der Waals surface area contributed by atoms with Crippen LogP contribution in [-0.2, 0) is 17.9 Å². The predicted octanol–water partition coefficient (Wildman–Crippen LogP) is 4.82. The van der Waals surface area contributed by atoms with E-state index in [1.54, 1.807) is 6.92 Å². The molecule has 2 aromatic carbocycles. The molecule has 1 aromatic heterocycles. The number of hydrogen-bond donors (Lipinski definition) is 2. The molecule has 0 unspecified atom stereocenters. The van der Waals surface area contributed by atoms with Gasteiger partial charge in [0.15, 0.2) is 11.0 Å². The Morgan fingerprint density at radius 2 is 1.97 bits per heavy atom. The number of thioether (sulfide) groups is 1. The van der Waals surface area contributed by atoms with E-state index in [0.717, 1.165) is 17.1 Å². The molecular formula is C21H23ClN6O3S. The van der Waals surface area contributed by atoms with Crippen LogP contribution in [0.2, 0.25) is 5.02 Å². The van der Waals surface area contributed by atoms with Crippen LogP contribution in [0.15, 0.2) is 41.6 Å². The van der Waals surface area contributed by atoms with E-state index in [1.807, 2.05) is 36.6 Å². The molecule has 168 valence electrons. The number of carbonyl (C=O) groups excluding carboxylic acids is 1. The number of hydrogen-bond acceptors (Lipinski definition) is 7. The van der Waals surface area contributed by atoms with E-state index in [0.29, 0.717) is 34.5 Å². The van der Waals surface area contributed by atoms with Crippen molar-refractivity contribution < 1.29 is 9.72 Å². The molecule has 0 aliphatic carbocycles. The van der Waals surface area contributed by atoms with Crippen LogP contribution >= 0.6 is 23.4 Å². The molecule has 3 rings (SSSR count). The number of aryl methyl sites for hydroxylation is 2. The summed E-state index contributed by atoms with van der Waals surface area (Å²) in [5, 5.41) is 26.7. The Balaban J connectivity index is 1.59. The molecule has 32 heavy (non-hydrogen) atoms. The summed E-state index contributed by atoms with van der Waals surface area (Å²) in [5.41, 5.74) is 3.05. The zero-order valence-corrected chi connectivity index (χ0v) is 19.5. The molecule has 0 fully saturated rings. The first kappa shape index (κ1) is 23.6. The zero-order valence-electron chi connectivity index (χ0n) is 17.9. The van der Waals surface area contributed by atoms with Crippen LogP contribution in [0.5, 0.6) is 0 Å². The number of amides is 1. The van der Waals surface area contributed by atoms with Crippen LogP contribution in [0.1, 0.15) is 23.9 Å². The molecule has 11 heteroatoms. The van der Waals surface area contributed by atoms with Gasteiger partial charge in [-0.05, 0) is 50.1 Å². The van der Waals surface area contributed by atoms with Crippen molar-refractivity contribution in [1.82, 2.24) is 14.8 Å². The first-order valence-corrected chi connectivity index (χ1v) is 11.2. The van der Waals surface area contributed by atoms with E-state index >= 15 is 0 Å². The quantitative estimate of drug-likeness (QED) is 0.259. The monoisotopic (exact) mass is 474 g/mol. The average molecular weight is 475 g/mol. The van der Waals surface area contributed by atoms with Gasteiger partial charge in [-0.1, -0.05) is 29.4 Å². The molecule has 0 atom stereocenters. The third-order valence-electron chi connectivity index (χ3n) is 4.76. The van der Waals surface area contributed by atoms with Gasteiger partial charge in [-0.2, -0.15) is 0 Å². The maximum absolute atomic E-state index is 12.4. The Kier molecular flexibility index (Phi) is 7.70. The second-order valence-electron chi connectivity index (χ2n) is 7.05. The maximum atomic E-state index is 12.4. The largest absolute Gasteiger partial charge is 0.378 e. The van der Waals surface area contributed by atoms with Gasteiger partial charge in [0.25, 0.3) is 5.69 Å². The molecule has 0 saturated heterocycles. The van der Waals surface area contributed by atoms with Crippen LogP contribution in [0, 0.1) is 24.0 Å². The lowest BCUT2D eigenvalue weighted by atomic mass is 10.2. The summed E-state index contributed by atoms with van der Waals surface area (Å²) < 4.78 is 1.94. The summed E-state index contributed by atoms with van der Waals surface area (Å²) in [7, 11) is 0. The van der Waals surface area contributed by atoms with Gasteiger partial charge in [-0.25, -0.2) is 0 Å². The number of rotatable bonds is 9. The van der Waals surface area contributed by atoms with Gasteiger partial charge < -0.3 is 15.2 Å². The first-order chi connectivity index (χ1) is 15.3. The number of aromatic nitrogens is 3. The molecule has 3 aromatic rings. The molecule has 0 radical (unpaired) electrons.